The molecule has 0 saturated heterocycles. The summed E-state index contributed by atoms with van der Waals surface area (Å²) in [5.41, 5.74) is 2.85. The first kappa shape index (κ1) is 16.3. The number of benzene rings is 2. The van der Waals surface area contributed by atoms with Crippen LogP contribution in [0.5, 0.6) is 11.5 Å². The number of hydrogen-bond donors (Lipinski definition) is 1. The average molecular weight is 356 g/mol. The highest BCUT2D eigenvalue weighted by molar-refractivity contribution is 7.18. The quantitative estimate of drug-likeness (QED) is 0.777. The number of rotatable bonds is 4. The summed E-state index contributed by atoms with van der Waals surface area (Å²) >= 11 is 1.70. The van der Waals surface area contributed by atoms with E-state index in [9.17, 15) is 5.11 Å². The minimum Gasteiger partial charge on any atom is -0.496 e. The Morgan fingerprint density at radius 1 is 1.16 bits per heavy atom. The van der Waals surface area contributed by atoms with Gasteiger partial charge in [-0.15, -0.1) is 11.3 Å². The van der Waals surface area contributed by atoms with Gasteiger partial charge in [-0.2, -0.15) is 0 Å². The van der Waals surface area contributed by atoms with Crippen molar-refractivity contribution in [1.29, 1.82) is 0 Å². The van der Waals surface area contributed by atoms with Crippen LogP contribution in [0.2, 0.25) is 0 Å². The molecule has 2 heterocycles. The fraction of sp³-hybridized carbons (Fsp3) is 0.316. The van der Waals surface area contributed by atoms with E-state index in [1.54, 1.807) is 25.6 Å². The SMILES string of the molecule is COc1ccc(OC)c2c1CN(Cc1nc3ccccc3s1)CC2O. The number of aliphatic hydroxyl groups is 1. The van der Waals surface area contributed by atoms with Crippen LogP contribution < -0.4 is 9.47 Å². The van der Waals surface area contributed by atoms with Gasteiger partial charge in [-0.1, -0.05) is 12.1 Å². The molecule has 0 bridgehead atoms. The van der Waals surface area contributed by atoms with Crippen molar-refractivity contribution in [3.05, 3.63) is 52.5 Å². The highest BCUT2D eigenvalue weighted by atomic mass is 32.1. The molecule has 1 atom stereocenters. The van der Waals surface area contributed by atoms with Gasteiger partial charge in [-0.05, 0) is 24.3 Å². The first-order valence-electron chi connectivity index (χ1n) is 8.18. The van der Waals surface area contributed by atoms with Gasteiger partial charge in [0.15, 0.2) is 0 Å². The third-order valence-electron chi connectivity index (χ3n) is 4.56. The number of para-hydroxylation sites is 1. The standard InChI is InChI=1S/C19H20N2O3S/c1-23-15-7-8-16(24-2)19-12(15)9-21(10-14(19)22)11-18-20-13-5-3-4-6-17(13)25-18/h3-8,14,22H,9-11H2,1-2H3. The maximum absolute atomic E-state index is 10.7. The monoisotopic (exact) mass is 356 g/mol. The van der Waals surface area contributed by atoms with Crippen molar-refractivity contribution in [2.45, 2.75) is 19.2 Å². The van der Waals surface area contributed by atoms with Crippen LogP contribution in [0.1, 0.15) is 22.2 Å². The van der Waals surface area contributed by atoms with Crippen LogP contribution in [0.4, 0.5) is 0 Å². The topological polar surface area (TPSA) is 54.8 Å². The van der Waals surface area contributed by atoms with E-state index in [1.807, 2.05) is 30.3 Å². The van der Waals surface area contributed by atoms with Crippen molar-refractivity contribution in [3.8, 4) is 11.5 Å². The number of thiazole rings is 1. The summed E-state index contributed by atoms with van der Waals surface area (Å²) in [7, 11) is 3.28. The molecule has 0 amide bonds. The second-order valence-corrected chi connectivity index (χ2v) is 7.24. The van der Waals surface area contributed by atoms with Crippen molar-refractivity contribution in [2.24, 2.45) is 0 Å². The molecule has 1 aliphatic rings. The summed E-state index contributed by atoms with van der Waals surface area (Å²) in [6, 6.07) is 11.9. The second-order valence-electron chi connectivity index (χ2n) is 6.12. The minimum absolute atomic E-state index is 0.548. The lowest BCUT2D eigenvalue weighted by Gasteiger charge is -2.33. The van der Waals surface area contributed by atoms with Gasteiger partial charge in [0, 0.05) is 24.2 Å². The number of aliphatic hydroxyl groups excluding tert-OH is 1. The summed E-state index contributed by atoms with van der Waals surface area (Å²) in [5.74, 6) is 1.49. The van der Waals surface area contributed by atoms with E-state index < -0.39 is 6.10 Å². The molecule has 0 spiro atoms. The molecule has 5 nitrogen and oxygen atoms in total. The van der Waals surface area contributed by atoms with Gasteiger partial charge in [0.05, 0.1) is 37.1 Å². The Labute approximate surface area is 150 Å². The smallest absolute Gasteiger partial charge is 0.125 e. The maximum Gasteiger partial charge on any atom is 0.125 e. The van der Waals surface area contributed by atoms with E-state index in [0.29, 0.717) is 25.4 Å². The highest BCUT2D eigenvalue weighted by Crippen LogP contribution is 2.39. The maximum atomic E-state index is 10.7. The van der Waals surface area contributed by atoms with Crippen LogP contribution in [-0.4, -0.2) is 35.8 Å². The van der Waals surface area contributed by atoms with Gasteiger partial charge >= 0.3 is 0 Å². The van der Waals surface area contributed by atoms with Gasteiger partial charge in [0.2, 0.25) is 0 Å². The Balaban J connectivity index is 1.64. The van der Waals surface area contributed by atoms with Crippen LogP contribution in [0, 0.1) is 0 Å². The number of ether oxygens (including phenoxy) is 2. The van der Waals surface area contributed by atoms with E-state index in [1.165, 1.54) is 4.70 Å². The van der Waals surface area contributed by atoms with Crippen LogP contribution in [0.15, 0.2) is 36.4 Å². The molecule has 130 valence electrons. The molecule has 1 aliphatic heterocycles. The lowest BCUT2D eigenvalue weighted by molar-refractivity contribution is 0.0843. The third-order valence-corrected chi connectivity index (χ3v) is 5.58. The molecular weight excluding hydrogens is 336 g/mol. The number of fused-ring (bicyclic) bond motifs is 2. The van der Waals surface area contributed by atoms with E-state index in [0.717, 1.165) is 27.4 Å². The lowest BCUT2D eigenvalue weighted by atomic mass is 9.95. The van der Waals surface area contributed by atoms with Crippen LogP contribution in [0.25, 0.3) is 10.2 Å². The first-order valence-corrected chi connectivity index (χ1v) is 9.00. The van der Waals surface area contributed by atoms with Gasteiger partial charge in [-0.3, -0.25) is 4.90 Å². The summed E-state index contributed by atoms with van der Waals surface area (Å²) in [4.78, 5) is 6.90. The first-order chi connectivity index (χ1) is 12.2. The van der Waals surface area contributed by atoms with Crippen molar-refractivity contribution in [2.75, 3.05) is 20.8 Å². The molecule has 0 saturated carbocycles. The molecule has 1 aromatic heterocycles. The Morgan fingerprint density at radius 3 is 2.68 bits per heavy atom. The molecule has 2 aromatic carbocycles. The van der Waals surface area contributed by atoms with Gasteiger partial charge < -0.3 is 14.6 Å². The predicted octanol–water partition coefficient (Wildman–Crippen LogP) is 3.36. The Hall–Kier alpha value is -2.15. The molecule has 0 aliphatic carbocycles. The van der Waals surface area contributed by atoms with Crippen molar-refractivity contribution < 1.29 is 14.6 Å². The van der Waals surface area contributed by atoms with E-state index in [4.69, 9.17) is 14.5 Å². The Morgan fingerprint density at radius 2 is 1.92 bits per heavy atom. The molecule has 6 heteroatoms. The van der Waals surface area contributed by atoms with Crippen LogP contribution in [0.3, 0.4) is 0 Å². The number of methoxy groups -OCH3 is 2. The summed E-state index contributed by atoms with van der Waals surface area (Å²) in [6.07, 6.45) is -0.608. The normalized spacial score (nSPS) is 17.5. The fourth-order valence-electron chi connectivity index (χ4n) is 3.44. The van der Waals surface area contributed by atoms with Gasteiger partial charge in [0.25, 0.3) is 0 Å². The number of aromatic nitrogens is 1. The molecular formula is C19H20N2O3S. The molecule has 3 aromatic rings. The number of hydrogen-bond acceptors (Lipinski definition) is 6. The minimum atomic E-state index is -0.608. The van der Waals surface area contributed by atoms with E-state index in [-0.39, 0.29) is 0 Å². The Bertz CT molecular complexity index is 876. The molecule has 0 fully saturated rings. The Kier molecular flexibility index (Phi) is 4.33. The highest BCUT2D eigenvalue weighted by Gasteiger charge is 2.30. The zero-order chi connectivity index (χ0) is 17.4. The van der Waals surface area contributed by atoms with E-state index >= 15 is 0 Å². The number of β-amino-alcohol motifs (C(OH)–C–C–N with tert-alkyl or cyclic N) is 1. The molecule has 1 unspecified atom stereocenters. The summed E-state index contributed by atoms with van der Waals surface area (Å²) in [6.45, 7) is 1.95. The summed E-state index contributed by atoms with van der Waals surface area (Å²) in [5, 5.41) is 11.7. The van der Waals surface area contributed by atoms with Crippen molar-refractivity contribution in [3.63, 3.8) is 0 Å². The second kappa shape index (κ2) is 6.63. The molecule has 4 rings (SSSR count). The predicted molar refractivity (Wildman–Crippen MR) is 98.2 cm³/mol. The van der Waals surface area contributed by atoms with Crippen LogP contribution >= 0.6 is 11.3 Å². The zero-order valence-corrected chi connectivity index (χ0v) is 15.0. The lowest BCUT2D eigenvalue weighted by Crippen LogP contribution is -2.33. The van der Waals surface area contributed by atoms with Gasteiger partial charge in [-0.25, -0.2) is 4.98 Å². The fourth-order valence-corrected chi connectivity index (χ4v) is 4.45. The van der Waals surface area contributed by atoms with Crippen molar-refractivity contribution >= 4 is 21.6 Å². The third kappa shape index (κ3) is 2.97. The summed E-state index contributed by atoms with van der Waals surface area (Å²) < 4.78 is 12.1. The zero-order valence-electron chi connectivity index (χ0n) is 14.2. The average Bonchev–Trinajstić information content (AvgIpc) is 3.02. The molecule has 0 radical (unpaired) electrons. The van der Waals surface area contributed by atoms with E-state index in [2.05, 4.69) is 11.0 Å². The molecule has 1 N–H and O–H groups in total. The largest absolute Gasteiger partial charge is 0.496 e. The number of nitrogens with zero attached hydrogens (tertiary/aromatic N) is 2. The van der Waals surface area contributed by atoms with Gasteiger partial charge in [0.1, 0.15) is 16.5 Å². The van der Waals surface area contributed by atoms with Crippen LogP contribution in [-0.2, 0) is 13.1 Å². The van der Waals surface area contributed by atoms with Crippen molar-refractivity contribution in [1.82, 2.24) is 9.88 Å². The molecule has 25 heavy (non-hydrogen) atoms.